The second kappa shape index (κ2) is 8.44. The van der Waals surface area contributed by atoms with Gasteiger partial charge in [0.25, 0.3) is 0 Å². The molecule has 1 aromatic rings. The number of rotatable bonds is 5. The highest BCUT2D eigenvalue weighted by atomic mass is 35.5. The Balaban J connectivity index is 0.00000218. The fourth-order valence-electron chi connectivity index (χ4n) is 6.99. The molecule has 30 heavy (non-hydrogen) atoms. The SMILES string of the molecule is CCCN1CCc2c(sc(NC(=O)C34CC5CC(CC(C5)C3)C4)c2C(=O)OC)C1.Cl. The van der Waals surface area contributed by atoms with E-state index in [2.05, 4.69) is 17.1 Å². The molecule has 0 atom stereocenters. The quantitative estimate of drug-likeness (QED) is 0.647. The molecule has 7 heteroatoms. The second-order valence-electron chi connectivity index (χ2n) is 9.88. The third kappa shape index (κ3) is 3.69. The minimum Gasteiger partial charge on any atom is -0.465 e. The third-order valence-corrected chi connectivity index (χ3v) is 8.94. The molecule has 1 amide bonds. The van der Waals surface area contributed by atoms with E-state index in [0.29, 0.717) is 5.56 Å². The number of hydrogen-bond acceptors (Lipinski definition) is 5. The van der Waals surface area contributed by atoms with Gasteiger partial charge in [0.05, 0.1) is 18.1 Å². The first-order chi connectivity index (χ1) is 14.0. The zero-order chi connectivity index (χ0) is 20.2. The van der Waals surface area contributed by atoms with Crippen LogP contribution in [0.2, 0.25) is 0 Å². The standard InChI is InChI=1S/C23H32N2O3S.ClH/c1-3-5-25-6-4-17-18(13-25)29-20(19(17)21(26)28-2)24-22(27)23-10-14-7-15(11-23)9-16(8-14)12-23;/h14-16H,3-13H2,1-2H3,(H,24,27);1H. The molecule has 4 aliphatic carbocycles. The predicted octanol–water partition coefficient (Wildman–Crippen LogP) is 4.88. The van der Waals surface area contributed by atoms with Crippen LogP contribution in [0.5, 0.6) is 0 Å². The van der Waals surface area contributed by atoms with E-state index in [1.165, 1.54) is 31.2 Å². The number of methoxy groups -OCH3 is 1. The molecular weight excluding hydrogens is 420 g/mol. The van der Waals surface area contributed by atoms with E-state index in [4.69, 9.17) is 4.74 Å². The van der Waals surface area contributed by atoms with Crippen LogP contribution in [0.3, 0.4) is 0 Å². The molecule has 4 saturated carbocycles. The summed E-state index contributed by atoms with van der Waals surface area (Å²) >= 11 is 1.59. The van der Waals surface area contributed by atoms with Crippen molar-refractivity contribution in [1.29, 1.82) is 0 Å². The maximum atomic E-state index is 13.5. The van der Waals surface area contributed by atoms with Crippen molar-refractivity contribution in [3.8, 4) is 0 Å². The van der Waals surface area contributed by atoms with Gasteiger partial charge in [0.15, 0.2) is 0 Å². The molecule has 4 bridgehead atoms. The van der Waals surface area contributed by atoms with E-state index in [-0.39, 0.29) is 29.7 Å². The highest BCUT2D eigenvalue weighted by Crippen LogP contribution is 2.60. The summed E-state index contributed by atoms with van der Waals surface area (Å²) in [6.45, 7) is 5.09. The average Bonchev–Trinajstić information content (AvgIpc) is 3.03. The van der Waals surface area contributed by atoms with Gasteiger partial charge in [-0.1, -0.05) is 6.92 Å². The Morgan fingerprint density at radius 1 is 1.17 bits per heavy atom. The molecule has 0 unspecified atom stereocenters. The van der Waals surface area contributed by atoms with Crippen LogP contribution in [-0.2, 0) is 22.5 Å². The fourth-order valence-corrected chi connectivity index (χ4v) is 8.27. The maximum absolute atomic E-state index is 13.5. The number of hydrogen-bond donors (Lipinski definition) is 1. The van der Waals surface area contributed by atoms with Crippen LogP contribution in [0, 0.1) is 23.2 Å². The van der Waals surface area contributed by atoms with Gasteiger partial charge >= 0.3 is 5.97 Å². The molecule has 0 aromatic carbocycles. The molecule has 5 nitrogen and oxygen atoms in total. The first-order valence-corrected chi connectivity index (χ1v) is 12.1. The molecular formula is C23H33ClN2O3S. The molecule has 1 N–H and O–H groups in total. The Bertz CT molecular complexity index is 801. The molecule has 1 aliphatic heterocycles. The lowest BCUT2D eigenvalue weighted by molar-refractivity contribution is -0.140. The Labute approximate surface area is 189 Å². The summed E-state index contributed by atoms with van der Waals surface area (Å²) in [7, 11) is 1.43. The lowest BCUT2D eigenvalue weighted by atomic mass is 9.49. The highest BCUT2D eigenvalue weighted by molar-refractivity contribution is 7.17. The fraction of sp³-hybridized carbons (Fsp3) is 0.739. The molecule has 1 aromatic heterocycles. The summed E-state index contributed by atoms with van der Waals surface area (Å²) in [4.78, 5) is 29.8. The maximum Gasteiger partial charge on any atom is 0.341 e. The van der Waals surface area contributed by atoms with Crippen LogP contribution < -0.4 is 5.32 Å². The second-order valence-corrected chi connectivity index (χ2v) is 11.0. The van der Waals surface area contributed by atoms with E-state index >= 15 is 0 Å². The zero-order valence-corrected chi connectivity index (χ0v) is 19.6. The molecule has 6 rings (SSSR count). The predicted molar refractivity (Wildman–Crippen MR) is 121 cm³/mol. The number of amides is 1. The van der Waals surface area contributed by atoms with E-state index in [9.17, 15) is 9.59 Å². The first-order valence-electron chi connectivity index (χ1n) is 11.3. The van der Waals surface area contributed by atoms with E-state index < -0.39 is 0 Å². The largest absolute Gasteiger partial charge is 0.465 e. The van der Waals surface area contributed by atoms with E-state index in [1.807, 2.05) is 0 Å². The average molecular weight is 453 g/mol. The summed E-state index contributed by atoms with van der Waals surface area (Å²) in [6.07, 6.45) is 9.04. The molecule has 0 saturated heterocycles. The molecule has 5 aliphatic rings. The summed E-state index contributed by atoms with van der Waals surface area (Å²) < 4.78 is 5.11. The number of anilines is 1. The van der Waals surface area contributed by atoms with Crippen LogP contribution in [0.4, 0.5) is 5.00 Å². The monoisotopic (exact) mass is 452 g/mol. The lowest BCUT2D eigenvalue weighted by Gasteiger charge is -2.55. The minimum absolute atomic E-state index is 0. The van der Waals surface area contributed by atoms with Crippen molar-refractivity contribution in [3.05, 3.63) is 16.0 Å². The van der Waals surface area contributed by atoms with Gasteiger partial charge in [-0.15, -0.1) is 23.7 Å². The number of fused-ring (bicyclic) bond motifs is 1. The van der Waals surface area contributed by atoms with Crippen molar-refractivity contribution in [1.82, 2.24) is 4.90 Å². The summed E-state index contributed by atoms with van der Waals surface area (Å²) in [5.74, 6) is 2.03. The van der Waals surface area contributed by atoms with Gasteiger partial charge in [-0.2, -0.15) is 0 Å². The van der Waals surface area contributed by atoms with Crippen molar-refractivity contribution >= 4 is 40.6 Å². The minimum atomic E-state index is -0.313. The molecule has 166 valence electrons. The Hall–Kier alpha value is -1.11. The van der Waals surface area contributed by atoms with E-state index in [0.717, 1.165) is 80.1 Å². The van der Waals surface area contributed by atoms with E-state index in [1.54, 1.807) is 11.3 Å². The van der Waals surface area contributed by atoms with Crippen molar-refractivity contribution < 1.29 is 14.3 Å². The number of nitrogens with one attached hydrogen (secondary N) is 1. The molecule has 0 spiro atoms. The Kier molecular flexibility index (Phi) is 6.21. The Morgan fingerprint density at radius 3 is 2.37 bits per heavy atom. The van der Waals surface area contributed by atoms with Crippen molar-refractivity contribution in [2.24, 2.45) is 23.2 Å². The van der Waals surface area contributed by atoms with Crippen LogP contribution in [-0.4, -0.2) is 37.0 Å². The number of esters is 1. The smallest absolute Gasteiger partial charge is 0.341 e. The highest BCUT2D eigenvalue weighted by Gasteiger charge is 2.54. The lowest BCUT2D eigenvalue weighted by Crippen LogP contribution is -2.51. The Morgan fingerprint density at radius 2 is 1.80 bits per heavy atom. The number of thiophene rings is 1. The number of halogens is 1. The third-order valence-electron chi connectivity index (χ3n) is 7.81. The molecule has 4 fully saturated rings. The van der Waals surface area contributed by atoms with Gasteiger partial charge in [-0.25, -0.2) is 4.79 Å². The number of ether oxygens (including phenoxy) is 1. The number of carbonyl (C=O) groups excluding carboxylic acids is 2. The zero-order valence-electron chi connectivity index (χ0n) is 18.0. The van der Waals surface area contributed by atoms with Gasteiger partial charge in [0.2, 0.25) is 5.91 Å². The normalized spacial score (nSPS) is 31.7. The van der Waals surface area contributed by atoms with Crippen molar-refractivity contribution in [2.75, 3.05) is 25.5 Å². The summed E-state index contributed by atoms with van der Waals surface area (Å²) in [5.41, 5.74) is 1.50. The number of carbonyl (C=O) groups is 2. The van der Waals surface area contributed by atoms with Crippen LogP contribution >= 0.6 is 23.7 Å². The van der Waals surface area contributed by atoms with Crippen LogP contribution in [0.15, 0.2) is 0 Å². The van der Waals surface area contributed by atoms with Gasteiger partial charge in [0.1, 0.15) is 5.00 Å². The van der Waals surface area contributed by atoms with Crippen LogP contribution in [0.25, 0.3) is 0 Å². The summed E-state index contributed by atoms with van der Waals surface area (Å²) in [5, 5.41) is 3.97. The van der Waals surface area contributed by atoms with Gasteiger partial charge in [-0.05, 0) is 81.2 Å². The molecule has 0 radical (unpaired) electrons. The summed E-state index contributed by atoms with van der Waals surface area (Å²) in [6, 6.07) is 0. The van der Waals surface area contributed by atoms with Gasteiger partial charge in [0, 0.05) is 18.0 Å². The van der Waals surface area contributed by atoms with Crippen LogP contribution in [0.1, 0.15) is 72.7 Å². The topological polar surface area (TPSA) is 58.6 Å². The first kappa shape index (κ1) is 22.1. The van der Waals surface area contributed by atoms with Gasteiger partial charge < -0.3 is 10.1 Å². The van der Waals surface area contributed by atoms with Gasteiger partial charge in [-0.3, -0.25) is 9.69 Å². The number of nitrogens with zero attached hydrogens (tertiary/aromatic N) is 1. The van der Waals surface area contributed by atoms with Crippen molar-refractivity contribution in [3.63, 3.8) is 0 Å². The molecule has 2 heterocycles. The van der Waals surface area contributed by atoms with Crippen molar-refractivity contribution in [2.45, 2.75) is 64.8 Å².